The molecule has 26 heavy (non-hydrogen) atoms. The van der Waals surface area contributed by atoms with E-state index in [1.54, 1.807) is 30.3 Å². The fraction of sp³-hybridized carbons (Fsp3) is 0.111. The van der Waals surface area contributed by atoms with Crippen LogP contribution in [0, 0.1) is 0 Å². The van der Waals surface area contributed by atoms with Crippen molar-refractivity contribution in [2.75, 3.05) is 0 Å². The molecule has 0 aliphatic rings. The molecular weight excluding hydrogens is 400 g/mol. The van der Waals surface area contributed by atoms with Crippen LogP contribution in [0.15, 0.2) is 48.5 Å². The van der Waals surface area contributed by atoms with Crippen molar-refractivity contribution in [2.45, 2.75) is 12.7 Å². The van der Waals surface area contributed by atoms with Gasteiger partial charge in [0.1, 0.15) is 4.88 Å². The Morgan fingerprint density at radius 2 is 1.85 bits per heavy atom. The molecule has 0 saturated heterocycles. The third kappa shape index (κ3) is 3.98. The lowest BCUT2D eigenvalue weighted by atomic mass is 10.1. The predicted octanol–water partition coefficient (Wildman–Crippen LogP) is 5.45. The zero-order chi connectivity index (χ0) is 18.8. The first kappa shape index (κ1) is 18.6. The standard InChI is InChI=1S/C18H12Cl2FNO3S/c19-13-5-1-10(2-6-13)9-22(20)17(23)16(21)12-4-3-11-7-15(18(24)25)26-14(11)8-12/h1-8,16H,9H2,(H,24,25). The maximum absolute atomic E-state index is 14.6. The molecule has 134 valence electrons. The molecule has 4 nitrogen and oxygen atoms in total. The highest BCUT2D eigenvalue weighted by atomic mass is 35.5. The van der Waals surface area contributed by atoms with Gasteiger partial charge < -0.3 is 5.11 Å². The van der Waals surface area contributed by atoms with Crippen LogP contribution in [-0.2, 0) is 11.3 Å². The summed E-state index contributed by atoms with van der Waals surface area (Å²) in [5, 5.41) is 10.3. The second-order valence-corrected chi connectivity index (χ2v) is 7.49. The summed E-state index contributed by atoms with van der Waals surface area (Å²) in [4.78, 5) is 23.5. The van der Waals surface area contributed by atoms with Gasteiger partial charge in [0.2, 0.25) is 6.17 Å². The van der Waals surface area contributed by atoms with E-state index in [2.05, 4.69) is 0 Å². The monoisotopic (exact) mass is 411 g/mol. The molecule has 0 spiro atoms. The number of thiophene rings is 1. The number of carbonyl (C=O) groups is 2. The number of hydrogen-bond donors (Lipinski definition) is 1. The number of alkyl halides is 1. The molecule has 1 amide bonds. The third-order valence-electron chi connectivity index (χ3n) is 3.74. The van der Waals surface area contributed by atoms with Crippen LogP contribution in [0.25, 0.3) is 10.1 Å². The number of carboxylic acids is 1. The molecule has 8 heteroatoms. The van der Waals surface area contributed by atoms with Crippen molar-refractivity contribution in [3.05, 3.63) is 69.6 Å². The summed E-state index contributed by atoms with van der Waals surface area (Å²) in [5.74, 6) is -1.94. The van der Waals surface area contributed by atoms with Crippen LogP contribution in [0.1, 0.15) is 27.0 Å². The van der Waals surface area contributed by atoms with E-state index in [1.807, 2.05) is 0 Å². The fourth-order valence-corrected chi connectivity index (χ4v) is 3.70. The van der Waals surface area contributed by atoms with Crippen LogP contribution in [0.3, 0.4) is 0 Å². The predicted molar refractivity (Wildman–Crippen MR) is 100 cm³/mol. The summed E-state index contributed by atoms with van der Waals surface area (Å²) < 4.78 is 16.0. The van der Waals surface area contributed by atoms with E-state index in [4.69, 9.17) is 28.5 Å². The molecule has 0 radical (unpaired) electrons. The minimum atomic E-state index is -1.94. The molecule has 3 aromatic rings. The number of rotatable bonds is 5. The smallest absolute Gasteiger partial charge is 0.345 e. The molecule has 1 heterocycles. The molecule has 0 aliphatic carbocycles. The zero-order valence-electron chi connectivity index (χ0n) is 13.2. The fourth-order valence-electron chi connectivity index (χ4n) is 2.40. The average molecular weight is 412 g/mol. The van der Waals surface area contributed by atoms with Gasteiger partial charge in [0, 0.05) is 21.5 Å². The molecule has 1 unspecified atom stereocenters. The third-order valence-corrected chi connectivity index (χ3v) is 5.36. The second kappa shape index (κ2) is 7.61. The Kier molecular flexibility index (Phi) is 5.46. The topological polar surface area (TPSA) is 57.6 Å². The molecule has 2 aromatic carbocycles. The summed E-state index contributed by atoms with van der Waals surface area (Å²) in [7, 11) is 0. The highest BCUT2D eigenvalue weighted by Crippen LogP contribution is 2.31. The number of halogens is 3. The molecular formula is C18H12Cl2FNO3S. The maximum atomic E-state index is 14.6. The molecule has 0 aliphatic heterocycles. The van der Waals surface area contributed by atoms with Crippen molar-refractivity contribution in [1.29, 1.82) is 0 Å². The first-order valence-corrected chi connectivity index (χ1v) is 9.01. The maximum Gasteiger partial charge on any atom is 0.345 e. The van der Waals surface area contributed by atoms with Crippen molar-refractivity contribution < 1.29 is 19.1 Å². The van der Waals surface area contributed by atoms with Crippen molar-refractivity contribution >= 4 is 56.7 Å². The quantitative estimate of drug-likeness (QED) is 0.568. The summed E-state index contributed by atoms with van der Waals surface area (Å²) >= 11 is 12.8. The highest BCUT2D eigenvalue weighted by Gasteiger charge is 2.25. The summed E-state index contributed by atoms with van der Waals surface area (Å²) in [6.45, 7) is 0.0301. The van der Waals surface area contributed by atoms with Gasteiger partial charge >= 0.3 is 5.97 Å². The summed E-state index contributed by atoms with van der Waals surface area (Å²) in [5.41, 5.74) is 0.841. The molecule has 1 atom stereocenters. The average Bonchev–Trinajstić information content (AvgIpc) is 3.06. The number of benzene rings is 2. The second-order valence-electron chi connectivity index (χ2n) is 5.56. The van der Waals surface area contributed by atoms with Gasteiger partial charge in [-0.1, -0.05) is 35.9 Å². The number of hydrogen-bond acceptors (Lipinski definition) is 3. The van der Waals surface area contributed by atoms with E-state index in [0.717, 1.165) is 15.8 Å². The van der Waals surface area contributed by atoms with Gasteiger partial charge in [-0.3, -0.25) is 4.79 Å². The van der Waals surface area contributed by atoms with Gasteiger partial charge in [-0.2, -0.15) is 0 Å². The molecule has 0 bridgehead atoms. The zero-order valence-corrected chi connectivity index (χ0v) is 15.5. The van der Waals surface area contributed by atoms with Crippen LogP contribution in [-0.4, -0.2) is 21.4 Å². The van der Waals surface area contributed by atoms with Crippen molar-refractivity contribution in [2.24, 2.45) is 0 Å². The number of fused-ring (bicyclic) bond motifs is 1. The Balaban J connectivity index is 1.77. The lowest BCUT2D eigenvalue weighted by Gasteiger charge is -2.17. The number of aromatic carboxylic acids is 1. The first-order valence-electron chi connectivity index (χ1n) is 7.47. The highest BCUT2D eigenvalue weighted by molar-refractivity contribution is 7.20. The molecule has 0 fully saturated rings. The number of nitrogens with zero attached hydrogens (tertiary/aromatic N) is 1. The van der Waals surface area contributed by atoms with Crippen LogP contribution in [0.5, 0.6) is 0 Å². The Bertz CT molecular complexity index is 974. The van der Waals surface area contributed by atoms with Crippen molar-refractivity contribution in [3.8, 4) is 0 Å². The van der Waals surface area contributed by atoms with Crippen LogP contribution < -0.4 is 0 Å². The minimum Gasteiger partial charge on any atom is -0.477 e. The summed E-state index contributed by atoms with van der Waals surface area (Å²) in [6, 6.07) is 12.7. The van der Waals surface area contributed by atoms with Gasteiger partial charge in [-0.15, -0.1) is 11.3 Å². The van der Waals surface area contributed by atoms with Crippen LogP contribution in [0.4, 0.5) is 4.39 Å². The van der Waals surface area contributed by atoms with E-state index in [1.165, 1.54) is 18.2 Å². The Hall–Kier alpha value is -2.15. The molecule has 1 N–H and O–H groups in total. The Labute approximate surface area is 162 Å². The van der Waals surface area contributed by atoms with Gasteiger partial charge in [-0.05, 0) is 40.8 Å². The minimum absolute atomic E-state index is 0.0301. The SMILES string of the molecule is O=C(O)c1cc2ccc(C(F)C(=O)N(Cl)Cc3ccc(Cl)cc3)cc2s1. The van der Waals surface area contributed by atoms with Gasteiger partial charge in [0.25, 0.3) is 5.91 Å². The van der Waals surface area contributed by atoms with Gasteiger partial charge in [0.15, 0.2) is 0 Å². The van der Waals surface area contributed by atoms with E-state index in [9.17, 15) is 14.0 Å². The van der Waals surface area contributed by atoms with E-state index < -0.39 is 18.0 Å². The molecule has 0 saturated carbocycles. The largest absolute Gasteiger partial charge is 0.477 e. The van der Waals surface area contributed by atoms with Gasteiger partial charge in [0.05, 0.1) is 6.54 Å². The number of carbonyl (C=O) groups excluding carboxylic acids is 1. The Morgan fingerprint density at radius 3 is 2.50 bits per heavy atom. The number of carboxylic acid groups (broad SMARTS) is 1. The summed E-state index contributed by atoms with van der Waals surface area (Å²) in [6.07, 6.45) is -1.94. The first-order chi connectivity index (χ1) is 12.3. The molecule has 3 rings (SSSR count). The van der Waals surface area contributed by atoms with E-state index >= 15 is 0 Å². The Morgan fingerprint density at radius 1 is 1.15 bits per heavy atom. The number of amides is 1. The lowest BCUT2D eigenvalue weighted by Crippen LogP contribution is -2.25. The van der Waals surface area contributed by atoms with Crippen molar-refractivity contribution in [1.82, 2.24) is 4.42 Å². The van der Waals surface area contributed by atoms with E-state index in [-0.39, 0.29) is 17.0 Å². The van der Waals surface area contributed by atoms with Gasteiger partial charge in [-0.25, -0.2) is 13.6 Å². The molecule has 1 aromatic heterocycles. The van der Waals surface area contributed by atoms with Crippen molar-refractivity contribution in [3.63, 3.8) is 0 Å². The normalized spacial score (nSPS) is 12.1. The van der Waals surface area contributed by atoms with Crippen LogP contribution in [0.2, 0.25) is 5.02 Å². The van der Waals surface area contributed by atoms with E-state index in [0.29, 0.717) is 20.7 Å². The lowest BCUT2D eigenvalue weighted by molar-refractivity contribution is -0.132. The van der Waals surface area contributed by atoms with Crippen LogP contribution >= 0.6 is 34.7 Å².